The van der Waals surface area contributed by atoms with E-state index in [-0.39, 0.29) is 5.56 Å². The van der Waals surface area contributed by atoms with Crippen molar-refractivity contribution in [1.82, 2.24) is 0 Å². The van der Waals surface area contributed by atoms with E-state index in [9.17, 15) is 17.3 Å². The Kier molecular flexibility index (Phi) is 2.64. The molecule has 1 aromatic carbocycles. The summed E-state index contributed by atoms with van der Waals surface area (Å²) in [7, 11) is 0. The minimum absolute atomic E-state index is 0.271. The number of hydrogen-bond acceptors (Lipinski definition) is 0. The first kappa shape index (κ1) is 10.1. The van der Waals surface area contributed by atoms with Gasteiger partial charge in [0, 0.05) is 0 Å². The fourth-order valence-corrected chi connectivity index (χ4v) is 1.11. The van der Waals surface area contributed by atoms with Crippen LogP contribution < -0.4 is 0 Å². The van der Waals surface area contributed by atoms with Crippen molar-refractivity contribution in [3.63, 3.8) is 0 Å². The molecule has 0 atom stereocenters. The monoisotopic (exact) mass is 191 g/mol. The van der Waals surface area contributed by atoms with Gasteiger partial charge in [0.1, 0.15) is 5.82 Å². The van der Waals surface area contributed by atoms with Crippen LogP contribution in [0.4, 0.5) is 17.3 Å². The lowest BCUT2D eigenvalue weighted by Crippen LogP contribution is -2.20. The van der Waals surface area contributed by atoms with Crippen molar-refractivity contribution in [2.24, 2.45) is 0 Å². The van der Waals surface area contributed by atoms with E-state index in [0.29, 0.717) is 5.56 Å². The zero-order valence-corrected chi connectivity index (χ0v) is 7.03. The molecule has 1 rings (SSSR count). The molecule has 0 aliphatic heterocycles. The maximum absolute atomic E-state index is 12.8. The highest BCUT2D eigenvalue weighted by Crippen LogP contribution is 2.19. The van der Waals surface area contributed by atoms with Crippen molar-refractivity contribution < 1.29 is 17.3 Å². The SMILES string of the molecule is Cc1ccc(F)c(C[B-](F)(F)F)c1. The largest absolute Gasteiger partial charge is 0.482 e. The highest BCUT2D eigenvalue weighted by Gasteiger charge is 2.24. The predicted octanol–water partition coefficient (Wildman–Crippen LogP) is 3.06. The average Bonchev–Trinajstić information content (AvgIpc) is 1.94. The Morgan fingerprint density at radius 3 is 2.38 bits per heavy atom. The second-order valence-electron chi connectivity index (χ2n) is 3.01. The maximum atomic E-state index is 12.8. The molecule has 1 aromatic rings. The Hall–Kier alpha value is -0.995. The van der Waals surface area contributed by atoms with Crippen LogP contribution in [-0.4, -0.2) is 6.98 Å². The summed E-state index contributed by atoms with van der Waals surface area (Å²) in [4.78, 5) is 0. The first-order valence-corrected chi connectivity index (χ1v) is 3.84. The molecule has 72 valence electrons. The summed E-state index contributed by atoms with van der Waals surface area (Å²) in [6.07, 6.45) is -1.15. The Labute approximate surface area is 73.6 Å². The summed E-state index contributed by atoms with van der Waals surface area (Å²) >= 11 is 0. The molecule has 0 aliphatic rings. The van der Waals surface area contributed by atoms with Gasteiger partial charge in [0.2, 0.25) is 0 Å². The predicted molar refractivity (Wildman–Crippen MR) is 43.9 cm³/mol. The third-order valence-corrected chi connectivity index (χ3v) is 1.65. The Bertz CT molecular complexity index is 306. The molecule has 0 amide bonds. The third kappa shape index (κ3) is 3.09. The number of rotatable bonds is 2. The molecule has 13 heavy (non-hydrogen) atoms. The molecule has 0 fully saturated rings. The van der Waals surface area contributed by atoms with Gasteiger partial charge in [0.15, 0.2) is 0 Å². The summed E-state index contributed by atoms with van der Waals surface area (Å²) in [6.45, 7) is -3.32. The van der Waals surface area contributed by atoms with Crippen molar-refractivity contribution in [2.45, 2.75) is 13.2 Å². The van der Waals surface area contributed by atoms with Crippen molar-refractivity contribution >= 4 is 6.98 Å². The van der Waals surface area contributed by atoms with Crippen LogP contribution in [0.15, 0.2) is 18.2 Å². The van der Waals surface area contributed by atoms with Crippen molar-refractivity contribution in [3.8, 4) is 0 Å². The molecular weight excluding hydrogens is 183 g/mol. The number of benzene rings is 1. The van der Waals surface area contributed by atoms with Crippen LogP contribution in [0.3, 0.4) is 0 Å². The van der Waals surface area contributed by atoms with Gasteiger partial charge in [-0.2, -0.15) is 0 Å². The molecule has 0 bridgehead atoms. The van der Waals surface area contributed by atoms with E-state index in [1.807, 2.05) is 0 Å². The zero-order valence-electron chi connectivity index (χ0n) is 7.03. The lowest BCUT2D eigenvalue weighted by molar-refractivity contribution is 0.464. The summed E-state index contributed by atoms with van der Waals surface area (Å²) in [5.41, 5.74) is 0.365. The van der Waals surface area contributed by atoms with E-state index < -0.39 is 19.1 Å². The zero-order chi connectivity index (χ0) is 10.1. The van der Waals surface area contributed by atoms with Gasteiger partial charge in [-0.25, -0.2) is 4.39 Å². The topological polar surface area (TPSA) is 0 Å². The first-order valence-electron chi connectivity index (χ1n) is 3.84. The molecule has 0 saturated heterocycles. The normalized spacial score (nSPS) is 11.8. The van der Waals surface area contributed by atoms with Crippen LogP contribution in [-0.2, 0) is 6.32 Å². The number of aryl methyl sites for hydroxylation is 1. The van der Waals surface area contributed by atoms with E-state index in [1.54, 1.807) is 6.92 Å². The van der Waals surface area contributed by atoms with Crippen molar-refractivity contribution in [2.75, 3.05) is 0 Å². The van der Waals surface area contributed by atoms with Crippen LogP contribution in [0.1, 0.15) is 11.1 Å². The standard InChI is InChI=1S/C8H8BF4/c1-6-2-3-8(10)7(4-6)5-9(11,12)13/h2-4H,5H2,1H3/q-1. The maximum Gasteiger partial charge on any atom is 0.482 e. The van der Waals surface area contributed by atoms with Crippen molar-refractivity contribution in [1.29, 1.82) is 0 Å². The number of halogens is 4. The van der Waals surface area contributed by atoms with Gasteiger partial charge in [0.05, 0.1) is 0 Å². The minimum atomic E-state index is -4.96. The highest BCUT2D eigenvalue weighted by molar-refractivity contribution is 6.57. The third-order valence-electron chi connectivity index (χ3n) is 1.65. The molecule has 0 unspecified atom stereocenters. The molecule has 0 radical (unpaired) electrons. The second-order valence-corrected chi connectivity index (χ2v) is 3.01. The molecule has 0 aliphatic carbocycles. The Balaban J connectivity index is 2.94. The fourth-order valence-electron chi connectivity index (χ4n) is 1.11. The second kappa shape index (κ2) is 3.40. The van der Waals surface area contributed by atoms with Crippen LogP contribution >= 0.6 is 0 Å². The molecule has 0 aromatic heterocycles. The van der Waals surface area contributed by atoms with E-state index in [0.717, 1.165) is 6.07 Å². The fraction of sp³-hybridized carbons (Fsp3) is 0.250. The van der Waals surface area contributed by atoms with Gasteiger partial charge in [-0.05, 0) is 18.6 Å². The van der Waals surface area contributed by atoms with E-state index in [1.165, 1.54) is 12.1 Å². The highest BCUT2D eigenvalue weighted by atomic mass is 19.4. The van der Waals surface area contributed by atoms with E-state index >= 15 is 0 Å². The van der Waals surface area contributed by atoms with Gasteiger partial charge < -0.3 is 12.9 Å². The van der Waals surface area contributed by atoms with Gasteiger partial charge >= 0.3 is 6.98 Å². The van der Waals surface area contributed by atoms with Crippen LogP contribution in [0.25, 0.3) is 0 Å². The van der Waals surface area contributed by atoms with Gasteiger partial charge in [-0.15, -0.1) is 0 Å². The summed E-state index contributed by atoms with van der Waals surface area (Å²) < 4.78 is 48.7. The lowest BCUT2D eigenvalue weighted by atomic mass is 9.81. The lowest BCUT2D eigenvalue weighted by Gasteiger charge is -2.14. The average molecular weight is 191 g/mol. The van der Waals surface area contributed by atoms with E-state index in [4.69, 9.17) is 0 Å². The first-order chi connectivity index (χ1) is 5.88. The smallest absolute Gasteiger partial charge is 0.449 e. The van der Waals surface area contributed by atoms with Gasteiger partial charge in [0.25, 0.3) is 0 Å². The summed E-state index contributed by atoms with van der Waals surface area (Å²) in [5, 5.41) is 0. The number of hydrogen-bond donors (Lipinski definition) is 0. The molecule has 5 heteroatoms. The van der Waals surface area contributed by atoms with Crippen LogP contribution in [0, 0.1) is 12.7 Å². The Morgan fingerprint density at radius 1 is 1.23 bits per heavy atom. The molecule has 0 spiro atoms. The van der Waals surface area contributed by atoms with Gasteiger partial charge in [-0.1, -0.05) is 24.0 Å². The van der Waals surface area contributed by atoms with Crippen LogP contribution in [0.5, 0.6) is 0 Å². The molecular formula is C8H8BF4-. The van der Waals surface area contributed by atoms with Crippen LogP contribution in [0.2, 0.25) is 0 Å². The van der Waals surface area contributed by atoms with Gasteiger partial charge in [-0.3, -0.25) is 0 Å². The Morgan fingerprint density at radius 2 is 1.85 bits per heavy atom. The van der Waals surface area contributed by atoms with Crippen molar-refractivity contribution in [3.05, 3.63) is 35.1 Å². The van der Waals surface area contributed by atoms with E-state index in [2.05, 4.69) is 0 Å². The molecule has 0 heterocycles. The minimum Gasteiger partial charge on any atom is -0.449 e. The quantitative estimate of drug-likeness (QED) is 0.497. The summed E-state index contributed by atoms with van der Waals surface area (Å²) in [5.74, 6) is -0.787. The molecule has 0 N–H and O–H groups in total. The summed E-state index contributed by atoms with van der Waals surface area (Å²) in [6, 6.07) is 3.74. The molecule has 0 nitrogen and oxygen atoms in total. The molecule has 0 saturated carbocycles.